The smallest absolute Gasteiger partial charge is 0.0917 e. The van der Waals surface area contributed by atoms with Gasteiger partial charge in [0.2, 0.25) is 0 Å². The minimum absolute atomic E-state index is 0.381. The van der Waals surface area contributed by atoms with Gasteiger partial charge in [-0.1, -0.05) is 39.8 Å². The number of hydrogen-bond donors (Lipinski definition) is 1. The average molecular weight is 211 g/mol. The van der Waals surface area contributed by atoms with Crippen molar-refractivity contribution in [1.82, 2.24) is 0 Å². The van der Waals surface area contributed by atoms with Gasteiger partial charge < -0.3 is 5.11 Å². The summed E-state index contributed by atoms with van der Waals surface area (Å²) in [6.45, 7) is 8.60. The number of allylic oxidation sites excluding steroid dienone is 2. The van der Waals surface area contributed by atoms with Crippen LogP contribution in [0, 0.1) is 11.8 Å². The van der Waals surface area contributed by atoms with E-state index < -0.39 is 0 Å². The van der Waals surface area contributed by atoms with Crippen LogP contribution in [-0.2, 0) is 0 Å². The van der Waals surface area contributed by atoms with Gasteiger partial charge in [-0.25, -0.2) is 0 Å². The second-order valence-corrected chi connectivity index (χ2v) is 4.37. The number of rotatable bonds is 6. The number of nitrogens with zero attached hydrogens (tertiary/aromatic N) is 1. The van der Waals surface area contributed by atoms with E-state index in [-0.39, 0.29) is 6.10 Å². The first kappa shape index (κ1) is 14.4. The van der Waals surface area contributed by atoms with Crippen LogP contribution in [0.2, 0.25) is 0 Å². The Morgan fingerprint density at radius 3 is 2.33 bits per heavy atom. The molecule has 0 aromatic heterocycles. The zero-order chi connectivity index (χ0) is 11.8. The second kappa shape index (κ2) is 7.63. The van der Waals surface area contributed by atoms with Crippen molar-refractivity contribution in [3.05, 3.63) is 12.2 Å². The predicted molar refractivity (Wildman–Crippen MR) is 67.4 cm³/mol. The molecule has 0 rings (SSSR count). The maximum absolute atomic E-state index is 9.63. The van der Waals surface area contributed by atoms with E-state index in [1.54, 1.807) is 7.05 Å². The summed E-state index contributed by atoms with van der Waals surface area (Å²) >= 11 is 0. The summed E-state index contributed by atoms with van der Waals surface area (Å²) in [5.41, 5.74) is 0.879. The lowest BCUT2D eigenvalue weighted by molar-refractivity contribution is 0.235. The van der Waals surface area contributed by atoms with Crippen molar-refractivity contribution in [1.29, 1.82) is 0 Å². The molecule has 15 heavy (non-hydrogen) atoms. The Labute approximate surface area is 94.1 Å². The van der Waals surface area contributed by atoms with E-state index in [0.29, 0.717) is 11.8 Å². The largest absolute Gasteiger partial charge is 0.387 e. The van der Waals surface area contributed by atoms with Gasteiger partial charge in [-0.3, -0.25) is 4.99 Å². The van der Waals surface area contributed by atoms with E-state index in [9.17, 15) is 5.11 Å². The Balaban J connectivity index is 4.13. The van der Waals surface area contributed by atoms with E-state index >= 15 is 0 Å². The molecule has 0 aliphatic heterocycles. The summed E-state index contributed by atoms with van der Waals surface area (Å²) in [5, 5.41) is 9.63. The molecule has 2 heteroatoms. The number of hydrogen-bond acceptors (Lipinski definition) is 2. The van der Waals surface area contributed by atoms with Crippen LogP contribution in [0.1, 0.15) is 40.5 Å². The SMILES string of the molecule is CCC(O)/C(C/C=C\C(C)C(C)C)=N/C. The van der Waals surface area contributed by atoms with E-state index in [4.69, 9.17) is 0 Å². The van der Waals surface area contributed by atoms with Gasteiger partial charge in [0.25, 0.3) is 0 Å². The Morgan fingerprint density at radius 2 is 1.93 bits per heavy atom. The topological polar surface area (TPSA) is 32.6 Å². The van der Waals surface area contributed by atoms with E-state index in [1.165, 1.54) is 0 Å². The molecule has 0 bridgehead atoms. The maximum atomic E-state index is 9.63. The molecule has 0 aromatic rings. The molecule has 0 saturated carbocycles. The molecule has 88 valence electrons. The molecule has 0 aliphatic rings. The van der Waals surface area contributed by atoms with Gasteiger partial charge in [0.1, 0.15) is 0 Å². The highest BCUT2D eigenvalue weighted by atomic mass is 16.3. The van der Waals surface area contributed by atoms with Gasteiger partial charge in [0.05, 0.1) is 6.10 Å². The number of aliphatic imine (C=N–C) groups is 1. The normalized spacial score (nSPS) is 17.4. The lowest BCUT2D eigenvalue weighted by Crippen LogP contribution is -2.18. The van der Waals surface area contributed by atoms with Crippen LogP contribution in [-0.4, -0.2) is 24.0 Å². The minimum atomic E-state index is -0.381. The van der Waals surface area contributed by atoms with E-state index in [1.807, 2.05) is 6.92 Å². The lowest BCUT2D eigenvalue weighted by atomic mass is 9.97. The number of aliphatic hydroxyl groups is 1. The first-order chi connectivity index (χ1) is 7.02. The van der Waals surface area contributed by atoms with Crippen molar-refractivity contribution < 1.29 is 5.11 Å². The van der Waals surface area contributed by atoms with Crippen molar-refractivity contribution in [2.75, 3.05) is 7.05 Å². The molecule has 0 radical (unpaired) electrons. The summed E-state index contributed by atoms with van der Waals surface area (Å²) in [6.07, 6.45) is 5.45. The molecule has 0 aliphatic carbocycles. The van der Waals surface area contributed by atoms with Crippen LogP contribution in [0.15, 0.2) is 17.1 Å². The molecule has 1 N–H and O–H groups in total. The highest BCUT2D eigenvalue weighted by Crippen LogP contribution is 2.11. The summed E-state index contributed by atoms with van der Waals surface area (Å²) in [5.74, 6) is 1.25. The fraction of sp³-hybridized carbons (Fsp3) is 0.769. The van der Waals surface area contributed by atoms with Crippen LogP contribution >= 0.6 is 0 Å². The quantitative estimate of drug-likeness (QED) is 0.531. The van der Waals surface area contributed by atoms with Crippen LogP contribution in [0.4, 0.5) is 0 Å². The highest BCUT2D eigenvalue weighted by molar-refractivity contribution is 5.89. The molecule has 0 spiro atoms. The Bertz CT molecular complexity index is 219. The van der Waals surface area contributed by atoms with Gasteiger partial charge in [-0.15, -0.1) is 0 Å². The minimum Gasteiger partial charge on any atom is -0.387 e. The van der Waals surface area contributed by atoms with Crippen molar-refractivity contribution in [3.8, 4) is 0 Å². The molecular formula is C13H25NO. The monoisotopic (exact) mass is 211 g/mol. The van der Waals surface area contributed by atoms with Gasteiger partial charge in [-0.2, -0.15) is 0 Å². The molecule has 0 amide bonds. The standard InChI is InChI=1S/C13H25NO/c1-6-13(15)12(14-5)9-7-8-11(4)10(2)3/h7-8,10-11,13,15H,6,9H2,1-5H3/b8-7-,14-12+. The third-order valence-electron chi connectivity index (χ3n) is 2.88. The molecule has 0 aromatic carbocycles. The van der Waals surface area contributed by atoms with Crippen molar-refractivity contribution in [2.24, 2.45) is 16.8 Å². The maximum Gasteiger partial charge on any atom is 0.0917 e. The molecule has 0 fully saturated rings. The molecule has 0 saturated heterocycles. The summed E-state index contributed by atoms with van der Waals surface area (Å²) in [6, 6.07) is 0. The van der Waals surface area contributed by atoms with Gasteiger partial charge in [-0.05, 0) is 18.3 Å². The molecular weight excluding hydrogens is 186 g/mol. The van der Waals surface area contributed by atoms with Gasteiger partial charge in [0, 0.05) is 19.2 Å². The third kappa shape index (κ3) is 5.73. The van der Waals surface area contributed by atoms with Crippen LogP contribution in [0.5, 0.6) is 0 Å². The molecule has 0 heterocycles. The summed E-state index contributed by atoms with van der Waals surface area (Å²) in [4.78, 5) is 4.12. The van der Waals surface area contributed by atoms with Crippen molar-refractivity contribution >= 4 is 5.71 Å². The fourth-order valence-electron chi connectivity index (χ4n) is 1.24. The lowest BCUT2D eigenvalue weighted by Gasteiger charge is -2.11. The van der Waals surface area contributed by atoms with Crippen LogP contribution in [0.3, 0.4) is 0 Å². The third-order valence-corrected chi connectivity index (χ3v) is 2.88. The molecule has 2 unspecified atom stereocenters. The zero-order valence-corrected chi connectivity index (χ0v) is 10.7. The highest BCUT2D eigenvalue weighted by Gasteiger charge is 2.08. The predicted octanol–water partition coefficient (Wildman–Crippen LogP) is 3.07. The van der Waals surface area contributed by atoms with Crippen LogP contribution in [0.25, 0.3) is 0 Å². The van der Waals surface area contributed by atoms with E-state index in [0.717, 1.165) is 18.6 Å². The first-order valence-corrected chi connectivity index (χ1v) is 5.83. The van der Waals surface area contributed by atoms with Crippen molar-refractivity contribution in [3.63, 3.8) is 0 Å². The zero-order valence-electron chi connectivity index (χ0n) is 10.7. The Hall–Kier alpha value is -0.630. The summed E-state index contributed by atoms with van der Waals surface area (Å²) in [7, 11) is 1.74. The first-order valence-electron chi connectivity index (χ1n) is 5.83. The van der Waals surface area contributed by atoms with Crippen molar-refractivity contribution in [2.45, 2.75) is 46.6 Å². The summed E-state index contributed by atoms with van der Waals surface area (Å²) < 4.78 is 0. The number of aliphatic hydroxyl groups excluding tert-OH is 1. The van der Waals surface area contributed by atoms with Gasteiger partial charge in [0.15, 0.2) is 0 Å². The Kier molecular flexibility index (Phi) is 7.31. The molecule has 2 nitrogen and oxygen atoms in total. The van der Waals surface area contributed by atoms with Crippen LogP contribution < -0.4 is 0 Å². The fourth-order valence-corrected chi connectivity index (χ4v) is 1.24. The second-order valence-electron chi connectivity index (χ2n) is 4.37. The average Bonchev–Trinajstić information content (AvgIpc) is 2.22. The molecule has 2 atom stereocenters. The van der Waals surface area contributed by atoms with Gasteiger partial charge >= 0.3 is 0 Å². The van der Waals surface area contributed by atoms with E-state index in [2.05, 4.69) is 37.9 Å². The Morgan fingerprint density at radius 1 is 1.33 bits per heavy atom.